The zero-order valence-electron chi connectivity index (χ0n) is 14.0. The van der Waals surface area contributed by atoms with Crippen LogP contribution in [0.5, 0.6) is 0 Å². The number of benzene rings is 1. The van der Waals surface area contributed by atoms with E-state index in [1.165, 1.54) is 4.90 Å². The molecule has 1 unspecified atom stereocenters. The van der Waals surface area contributed by atoms with E-state index in [9.17, 15) is 19.2 Å². The molecule has 7 heteroatoms. The van der Waals surface area contributed by atoms with Crippen LogP contribution in [-0.2, 0) is 9.59 Å². The van der Waals surface area contributed by atoms with Gasteiger partial charge in [-0.1, -0.05) is 0 Å². The van der Waals surface area contributed by atoms with Gasteiger partial charge in [0.2, 0.25) is 12.3 Å². The van der Waals surface area contributed by atoms with Gasteiger partial charge in [0.15, 0.2) is 0 Å². The lowest BCUT2D eigenvalue weighted by molar-refractivity contribution is -0.125. The minimum atomic E-state index is -0.434. The quantitative estimate of drug-likeness (QED) is 0.584. The second kappa shape index (κ2) is 7.25. The Morgan fingerprint density at radius 1 is 1.17 bits per heavy atom. The average molecular weight is 331 g/mol. The predicted octanol–water partition coefficient (Wildman–Crippen LogP) is 1.54. The van der Waals surface area contributed by atoms with Crippen molar-refractivity contribution < 1.29 is 19.2 Å². The number of rotatable bonds is 7. The molecule has 7 nitrogen and oxygen atoms in total. The van der Waals surface area contributed by atoms with Crippen molar-refractivity contribution in [1.82, 2.24) is 10.2 Å². The molecule has 1 aromatic carbocycles. The Balaban J connectivity index is 2.13. The van der Waals surface area contributed by atoms with Crippen LogP contribution in [0, 0.1) is 0 Å². The summed E-state index contributed by atoms with van der Waals surface area (Å²) >= 11 is 0. The van der Waals surface area contributed by atoms with Gasteiger partial charge < -0.3 is 5.32 Å². The first-order valence-corrected chi connectivity index (χ1v) is 7.86. The van der Waals surface area contributed by atoms with E-state index in [0.29, 0.717) is 24.0 Å². The highest BCUT2D eigenvalue weighted by Crippen LogP contribution is 2.28. The molecule has 0 spiro atoms. The maximum absolute atomic E-state index is 12.6. The number of fused-ring (bicyclic) bond motifs is 1. The Hall–Kier alpha value is -2.70. The summed E-state index contributed by atoms with van der Waals surface area (Å²) in [6.07, 6.45) is 0.675. The summed E-state index contributed by atoms with van der Waals surface area (Å²) in [6.45, 7) is 5.68. The molecule has 1 heterocycles. The van der Waals surface area contributed by atoms with Crippen molar-refractivity contribution in [3.05, 3.63) is 29.3 Å². The van der Waals surface area contributed by atoms with Gasteiger partial charge in [0.1, 0.15) is 0 Å². The Kier molecular flexibility index (Phi) is 5.33. The Bertz CT molecular complexity index is 684. The van der Waals surface area contributed by atoms with E-state index in [-0.39, 0.29) is 24.3 Å². The highest BCUT2D eigenvalue weighted by Gasteiger charge is 2.38. The monoisotopic (exact) mass is 331 g/mol. The largest absolute Gasteiger partial charge is 0.383 e. The molecule has 1 aromatic rings. The van der Waals surface area contributed by atoms with Crippen LogP contribution in [0.2, 0.25) is 0 Å². The number of carbonyl (C=O) groups excluding carboxylic acids is 4. The van der Waals surface area contributed by atoms with Crippen LogP contribution in [0.1, 0.15) is 54.3 Å². The minimum Gasteiger partial charge on any atom is -0.383 e. The van der Waals surface area contributed by atoms with Gasteiger partial charge in [-0.3, -0.25) is 29.4 Å². The van der Waals surface area contributed by atoms with E-state index in [4.69, 9.17) is 0 Å². The molecular weight excluding hydrogens is 310 g/mol. The van der Waals surface area contributed by atoms with Gasteiger partial charge in [-0.2, -0.15) is 0 Å². The second-order valence-corrected chi connectivity index (χ2v) is 6.11. The van der Waals surface area contributed by atoms with Crippen LogP contribution >= 0.6 is 0 Å². The van der Waals surface area contributed by atoms with Crippen molar-refractivity contribution in [3.63, 3.8) is 0 Å². The third-order valence-electron chi connectivity index (χ3n) is 3.82. The molecule has 2 N–H and O–H groups in total. The third kappa shape index (κ3) is 3.61. The number of carbonyl (C=O) groups is 4. The van der Waals surface area contributed by atoms with Crippen molar-refractivity contribution >= 4 is 29.8 Å². The molecule has 24 heavy (non-hydrogen) atoms. The second-order valence-electron chi connectivity index (χ2n) is 6.11. The number of hydrogen-bond acceptors (Lipinski definition) is 5. The van der Waals surface area contributed by atoms with Gasteiger partial charge in [0.25, 0.3) is 11.8 Å². The summed E-state index contributed by atoms with van der Waals surface area (Å²) in [7, 11) is 0. The minimum absolute atomic E-state index is 0.0630. The predicted molar refractivity (Wildman–Crippen MR) is 88.6 cm³/mol. The number of hydrogen-bond donors (Lipinski definition) is 2. The van der Waals surface area contributed by atoms with E-state index in [0.717, 1.165) is 5.69 Å². The first-order chi connectivity index (χ1) is 11.3. The Morgan fingerprint density at radius 3 is 2.46 bits per heavy atom. The zero-order valence-corrected chi connectivity index (χ0v) is 14.0. The first-order valence-electron chi connectivity index (χ1n) is 7.86. The van der Waals surface area contributed by atoms with Gasteiger partial charge in [-0.05, 0) is 45.4 Å². The molecule has 0 aromatic heterocycles. The van der Waals surface area contributed by atoms with Crippen molar-refractivity contribution in [2.24, 2.45) is 0 Å². The molecule has 0 fully saturated rings. The Morgan fingerprint density at radius 2 is 1.83 bits per heavy atom. The van der Waals surface area contributed by atoms with E-state index < -0.39 is 11.9 Å². The maximum Gasteiger partial charge on any atom is 0.261 e. The molecule has 0 saturated carbocycles. The molecule has 128 valence electrons. The lowest BCUT2D eigenvalue weighted by atomic mass is 10.1. The van der Waals surface area contributed by atoms with Crippen molar-refractivity contribution in [2.45, 2.75) is 45.7 Å². The van der Waals surface area contributed by atoms with Crippen molar-refractivity contribution in [1.29, 1.82) is 0 Å². The van der Waals surface area contributed by atoms with Gasteiger partial charge >= 0.3 is 0 Å². The fraction of sp³-hybridized carbons (Fsp3) is 0.412. The van der Waals surface area contributed by atoms with Crippen LogP contribution in [-0.4, -0.2) is 41.1 Å². The van der Waals surface area contributed by atoms with Gasteiger partial charge in [0.05, 0.1) is 11.1 Å². The molecule has 1 aliphatic heterocycles. The summed E-state index contributed by atoms with van der Waals surface area (Å²) < 4.78 is 0. The Labute approximate surface area is 140 Å². The summed E-state index contributed by atoms with van der Waals surface area (Å²) in [5.74, 6) is -1.14. The molecule has 0 bridgehead atoms. The summed E-state index contributed by atoms with van der Waals surface area (Å²) in [5.41, 5.74) is 1.53. The number of nitrogens with one attached hydrogen (secondary N) is 2. The SMILES string of the molecule is CC(C)Nc1ccc2c(c1)C(=O)N(C(C)CCC(=O)NC=O)C2=O. The summed E-state index contributed by atoms with van der Waals surface area (Å²) in [6, 6.07) is 4.88. The van der Waals surface area contributed by atoms with E-state index in [1.54, 1.807) is 25.1 Å². The molecule has 0 radical (unpaired) electrons. The molecule has 4 amide bonds. The lowest BCUT2D eigenvalue weighted by Gasteiger charge is -2.22. The maximum atomic E-state index is 12.6. The fourth-order valence-electron chi connectivity index (χ4n) is 2.69. The molecule has 2 rings (SSSR count). The van der Waals surface area contributed by atoms with Crippen LogP contribution in [0.3, 0.4) is 0 Å². The van der Waals surface area contributed by atoms with Crippen molar-refractivity contribution in [2.75, 3.05) is 5.32 Å². The van der Waals surface area contributed by atoms with Crippen LogP contribution in [0.15, 0.2) is 18.2 Å². The number of nitrogens with zero attached hydrogens (tertiary/aromatic N) is 1. The van der Waals surface area contributed by atoms with E-state index in [1.807, 2.05) is 19.2 Å². The topological polar surface area (TPSA) is 95.6 Å². The summed E-state index contributed by atoms with van der Waals surface area (Å²) in [5, 5.41) is 5.24. The molecule has 0 saturated heterocycles. The third-order valence-corrected chi connectivity index (χ3v) is 3.82. The normalized spacial score (nSPS) is 14.6. The molecular formula is C17H21N3O4. The standard InChI is InChI=1S/C17H21N3O4/c1-10(2)19-12-5-6-13-14(8-12)17(24)20(16(13)23)11(3)4-7-15(22)18-9-21/h5-6,8-11,19H,4,7H2,1-3H3,(H,18,21,22). The smallest absolute Gasteiger partial charge is 0.261 e. The van der Waals surface area contributed by atoms with Crippen LogP contribution in [0.4, 0.5) is 5.69 Å². The number of amides is 4. The average Bonchev–Trinajstić information content (AvgIpc) is 2.76. The molecule has 1 atom stereocenters. The molecule has 1 aliphatic rings. The first kappa shape index (κ1) is 17.7. The number of imide groups is 2. The number of anilines is 1. The van der Waals surface area contributed by atoms with Gasteiger partial charge in [-0.15, -0.1) is 0 Å². The molecule has 0 aliphatic carbocycles. The fourth-order valence-corrected chi connectivity index (χ4v) is 2.69. The van der Waals surface area contributed by atoms with E-state index in [2.05, 4.69) is 5.32 Å². The van der Waals surface area contributed by atoms with Crippen molar-refractivity contribution in [3.8, 4) is 0 Å². The van der Waals surface area contributed by atoms with Crippen LogP contribution < -0.4 is 10.6 Å². The highest BCUT2D eigenvalue weighted by atomic mass is 16.2. The summed E-state index contributed by atoms with van der Waals surface area (Å²) in [4.78, 5) is 47.8. The lowest BCUT2D eigenvalue weighted by Crippen LogP contribution is -2.38. The zero-order chi connectivity index (χ0) is 17.9. The van der Waals surface area contributed by atoms with Gasteiger partial charge in [-0.25, -0.2) is 0 Å². The highest BCUT2D eigenvalue weighted by molar-refractivity contribution is 6.22. The van der Waals surface area contributed by atoms with Crippen LogP contribution in [0.25, 0.3) is 0 Å². The van der Waals surface area contributed by atoms with Gasteiger partial charge in [0, 0.05) is 24.2 Å². The van der Waals surface area contributed by atoms with E-state index >= 15 is 0 Å².